The molecule has 24 nitrogen and oxygen atoms in total. The van der Waals surface area contributed by atoms with E-state index in [1.807, 2.05) is 0 Å². The zero-order valence-corrected chi connectivity index (χ0v) is 31.9. The van der Waals surface area contributed by atoms with Gasteiger partial charge in [-0.1, -0.05) is 12.1 Å². The van der Waals surface area contributed by atoms with Gasteiger partial charge in [-0.05, 0) is 12.1 Å². The molecule has 3 aromatic rings. The van der Waals surface area contributed by atoms with E-state index in [0.717, 1.165) is 4.90 Å². The molecule has 0 bridgehead atoms. The average molecular weight is 836 g/mol. The van der Waals surface area contributed by atoms with Gasteiger partial charge in [-0.15, -0.1) is 0 Å². The Balaban J connectivity index is 1.30. The second-order valence-corrected chi connectivity index (χ2v) is 13.2. The highest BCUT2D eigenvalue weighted by atomic mass is 32.2. The van der Waals surface area contributed by atoms with Crippen LogP contribution in [0.15, 0.2) is 30.5 Å². The van der Waals surface area contributed by atoms with Crippen LogP contribution in [0.2, 0.25) is 0 Å². The molecule has 0 spiro atoms. The molecule has 0 saturated heterocycles. The van der Waals surface area contributed by atoms with Gasteiger partial charge in [0.1, 0.15) is 11.6 Å². The summed E-state index contributed by atoms with van der Waals surface area (Å²) in [4.78, 5) is 78.3. The van der Waals surface area contributed by atoms with Gasteiger partial charge in [0.2, 0.25) is 17.7 Å². The number of aromatic nitrogens is 4. The number of anilines is 1. The lowest BCUT2D eigenvalue weighted by molar-refractivity contribution is -0.142. The molecule has 3 rings (SSSR count). The van der Waals surface area contributed by atoms with Gasteiger partial charge >= 0.3 is 17.9 Å². The third-order valence-electron chi connectivity index (χ3n) is 7.77. The molecule has 2 amide bonds. The number of carbonyl (C=O) groups excluding carboxylic acids is 2. The maximum absolute atomic E-state index is 12.6. The quantitative estimate of drug-likeness (QED) is 0.0205. The van der Waals surface area contributed by atoms with Crippen LogP contribution in [0.5, 0.6) is 5.88 Å². The highest BCUT2D eigenvalue weighted by Crippen LogP contribution is 2.19. The predicted octanol–water partition coefficient (Wildman–Crippen LogP) is -2.66. The van der Waals surface area contributed by atoms with E-state index in [9.17, 15) is 42.9 Å². The lowest BCUT2D eigenvalue weighted by atomic mass is 10.1. The summed E-state index contributed by atoms with van der Waals surface area (Å²) in [6.45, 7) is -0.986. The highest BCUT2D eigenvalue weighted by molar-refractivity contribution is 7.79. The minimum absolute atomic E-state index is 0.00612. The van der Waals surface area contributed by atoms with Crippen molar-refractivity contribution in [2.75, 3.05) is 103 Å². The number of carboxylic acids is 3. The van der Waals surface area contributed by atoms with E-state index in [0.29, 0.717) is 11.1 Å². The minimum Gasteiger partial charge on any atom is -0.492 e. The van der Waals surface area contributed by atoms with E-state index >= 15 is 0 Å². The van der Waals surface area contributed by atoms with Crippen molar-refractivity contribution in [1.82, 2.24) is 45.3 Å². The fourth-order valence-electron chi connectivity index (χ4n) is 5.11. The van der Waals surface area contributed by atoms with Crippen molar-refractivity contribution in [3.63, 3.8) is 0 Å². The van der Waals surface area contributed by atoms with Crippen molar-refractivity contribution in [3.05, 3.63) is 47.3 Å². The lowest BCUT2D eigenvalue weighted by Crippen LogP contribution is -2.46. The molecule has 0 aliphatic heterocycles. The molecule has 1 atom stereocenters. The summed E-state index contributed by atoms with van der Waals surface area (Å²) >= 11 is -2.29. The van der Waals surface area contributed by atoms with Gasteiger partial charge < -0.3 is 50.8 Å². The molecule has 2 aromatic heterocycles. The van der Waals surface area contributed by atoms with Crippen LogP contribution >= 0.6 is 0 Å². The monoisotopic (exact) mass is 835 g/mol. The Labute approximate surface area is 333 Å². The molecule has 0 aliphatic carbocycles. The van der Waals surface area contributed by atoms with E-state index in [1.165, 1.54) is 16.0 Å². The summed E-state index contributed by atoms with van der Waals surface area (Å²) < 4.78 is 31.8. The maximum atomic E-state index is 12.6. The number of ether oxygens (including phenoxy) is 2. The Morgan fingerprint density at radius 1 is 0.741 bits per heavy atom. The zero-order chi connectivity index (χ0) is 42.6. The Morgan fingerprint density at radius 2 is 1.26 bits per heavy atom. The molecule has 0 fully saturated rings. The van der Waals surface area contributed by atoms with Crippen molar-refractivity contribution in [2.24, 2.45) is 0 Å². The number of aliphatic carboxylic acids is 3. The van der Waals surface area contributed by atoms with Crippen molar-refractivity contribution in [3.8, 4) is 5.88 Å². The van der Waals surface area contributed by atoms with Gasteiger partial charge in [-0.25, -0.2) is 14.2 Å². The Hall–Kier alpha value is -5.83. The summed E-state index contributed by atoms with van der Waals surface area (Å²) in [6.07, 6.45) is 1.31. The first-order valence-corrected chi connectivity index (χ1v) is 18.7. The van der Waals surface area contributed by atoms with Crippen LogP contribution in [-0.4, -0.2) is 197 Å². The van der Waals surface area contributed by atoms with Crippen molar-refractivity contribution >= 4 is 63.6 Å². The van der Waals surface area contributed by atoms with Gasteiger partial charge in [-0.2, -0.15) is 9.97 Å². The number of aromatic hydroxyl groups is 1. The Morgan fingerprint density at radius 3 is 1.81 bits per heavy atom. The first kappa shape index (κ1) is 46.6. The molecule has 0 radical (unpaired) electrons. The number of carboxylic acid groups (broad SMARTS) is 3. The summed E-state index contributed by atoms with van der Waals surface area (Å²) in [7, 11) is 0. The fraction of sp³-hybridized carbons (Fsp3) is 0.455. The highest BCUT2D eigenvalue weighted by Gasteiger charge is 2.20. The number of hydrogen-bond acceptors (Lipinski definition) is 18. The number of hydrogen-bond donors (Lipinski definition) is 9. The summed E-state index contributed by atoms with van der Waals surface area (Å²) in [5, 5.41) is 51.2. The lowest BCUT2D eigenvalue weighted by Gasteiger charge is -2.27. The standard InChI is InChI=1S/C33H45N11O13S/c34-28(23-15-38-30-29(39-23)32(53)41-33(35)40-30)21-1-3-22(4-2-21)31(52)37-6-12-57-14-13-56-11-5-36-24(45)16-43(17-25(46)47)9-7-42(20-58(54)55)8-10-44(18-26(48)49)19-27(50)51/h1-4,15,34H,5-14,16-20H2,(H,36,45)(H,37,52)(H,46,47)(H,48,49)(H,50,51)(H,54,55)(H3,35,38,40,41,53). The molecule has 25 heteroatoms. The number of nitrogens with zero attached hydrogens (tertiary/aromatic N) is 7. The van der Waals surface area contributed by atoms with E-state index in [4.69, 9.17) is 30.8 Å². The number of benzene rings is 1. The van der Waals surface area contributed by atoms with Crippen LogP contribution in [0.25, 0.3) is 11.2 Å². The van der Waals surface area contributed by atoms with Gasteiger partial charge in [0.05, 0.1) is 64.5 Å². The van der Waals surface area contributed by atoms with E-state index in [2.05, 4.69) is 30.6 Å². The van der Waals surface area contributed by atoms with Crippen molar-refractivity contribution in [2.45, 2.75) is 0 Å². The van der Waals surface area contributed by atoms with Crippen LogP contribution in [0, 0.1) is 5.41 Å². The largest absolute Gasteiger partial charge is 0.492 e. The molecule has 1 unspecified atom stereocenters. The molecule has 316 valence electrons. The second-order valence-electron chi connectivity index (χ2n) is 12.3. The topological polar surface area (TPSA) is 357 Å². The number of nitrogen functional groups attached to an aromatic ring is 1. The number of amides is 2. The fourth-order valence-corrected chi connectivity index (χ4v) is 5.68. The first-order chi connectivity index (χ1) is 27.6. The van der Waals surface area contributed by atoms with E-state index < -0.39 is 60.4 Å². The molecule has 0 aliphatic rings. The number of nitrogens with one attached hydrogen (secondary N) is 3. The number of fused-ring (bicyclic) bond motifs is 1. The average Bonchev–Trinajstić information content (AvgIpc) is 3.15. The SMILES string of the molecule is N=C(c1ccc(C(=O)NCCOCCOCCNC(=O)CN(CCN(CCN(CC(=O)O)CC(=O)O)CS(=O)O)CC(=O)O)cc1)c1cnc2nc(N)nc(O)c2n1. The van der Waals surface area contributed by atoms with Crippen LogP contribution in [0.1, 0.15) is 21.6 Å². The van der Waals surface area contributed by atoms with Crippen molar-refractivity contribution in [1.29, 1.82) is 5.41 Å². The van der Waals surface area contributed by atoms with Crippen molar-refractivity contribution < 1.29 is 62.6 Å². The normalized spacial score (nSPS) is 11.9. The molecule has 2 heterocycles. The molecule has 10 N–H and O–H groups in total. The Kier molecular flexibility index (Phi) is 19.3. The Bertz CT molecular complexity index is 1910. The van der Waals surface area contributed by atoms with E-state index in [-0.39, 0.29) is 113 Å². The molecule has 0 saturated carbocycles. The minimum atomic E-state index is -2.29. The maximum Gasteiger partial charge on any atom is 0.317 e. The zero-order valence-electron chi connectivity index (χ0n) is 31.1. The summed E-state index contributed by atoms with van der Waals surface area (Å²) in [5.74, 6) is -5.57. The summed E-state index contributed by atoms with van der Waals surface area (Å²) in [5.41, 5.74) is 6.51. The van der Waals surface area contributed by atoms with Gasteiger partial charge in [0.25, 0.3) is 5.91 Å². The molecular weight excluding hydrogens is 790 g/mol. The first-order valence-electron chi connectivity index (χ1n) is 17.4. The smallest absolute Gasteiger partial charge is 0.317 e. The molecule has 58 heavy (non-hydrogen) atoms. The second kappa shape index (κ2) is 24.1. The number of rotatable bonds is 28. The third-order valence-corrected chi connectivity index (χ3v) is 8.36. The third kappa shape index (κ3) is 17.1. The van der Waals surface area contributed by atoms with Crippen LogP contribution in [-0.2, 0) is 39.7 Å². The van der Waals surface area contributed by atoms with Gasteiger partial charge in [0, 0.05) is 50.4 Å². The van der Waals surface area contributed by atoms with E-state index in [1.54, 1.807) is 24.3 Å². The van der Waals surface area contributed by atoms with Gasteiger partial charge in [-0.3, -0.25) is 44.1 Å². The van der Waals surface area contributed by atoms with Crippen LogP contribution < -0.4 is 16.4 Å². The molecule has 1 aromatic carbocycles. The number of nitrogens with two attached hydrogens (primary N) is 1. The molecular formula is C33H45N11O13S. The predicted molar refractivity (Wildman–Crippen MR) is 204 cm³/mol. The van der Waals surface area contributed by atoms with Gasteiger partial charge in [0.15, 0.2) is 22.2 Å². The summed E-state index contributed by atoms with van der Waals surface area (Å²) in [6, 6.07) is 6.22. The number of carbonyl (C=O) groups is 5. The van der Waals surface area contributed by atoms with Crippen LogP contribution in [0.3, 0.4) is 0 Å². The van der Waals surface area contributed by atoms with Crippen LogP contribution in [0.4, 0.5) is 5.95 Å².